The number of nitrogens with zero attached hydrogens (tertiary/aromatic N) is 2. The van der Waals surface area contributed by atoms with Gasteiger partial charge >= 0.3 is 12.1 Å². The topological polar surface area (TPSA) is 151 Å². The van der Waals surface area contributed by atoms with Crippen molar-refractivity contribution in [1.29, 1.82) is 0 Å². The Morgan fingerprint density at radius 1 is 1.03 bits per heavy atom. The second-order valence-electron chi connectivity index (χ2n) is 6.88. The van der Waals surface area contributed by atoms with Crippen molar-refractivity contribution in [3.8, 4) is 0 Å². The van der Waals surface area contributed by atoms with Gasteiger partial charge in [0.2, 0.25) is 0 Å². The van der Waals surface area contributed by atoms with Crippen LogP contribution in [0.1, 0.15) is 21.5 Å². The molecule has 3 rings (SSSR count). The van der Waals surface area contributed by atoms with Crippen LogP contribution in [-0.4, -0.2) is 30.6 Å². The molecule has 0 aliphatic heterocycles. The first kappa shape index (κ1) is 25.2. The Hall–Kier alpha value is -4.46. The van der Waals surface area contributed by atoms with Crippen molar-refractivity contribution in [2.24, 2.45) is 5.10 Å². The predicted octanol–water partition coefficient (Wildman–Crippen LogP) is 4.56. The molecular formula is C21H15F3N4O6S. The van der Waals surface area contributed by atoms with E-state index < -0.39 is 43.2 Å². The quantitative estimate of drug-likeness (QED) is 0.229. The van der Waals surface area contributed by atoms with Crippen LogP contribution >= 0.6 is 0 Å². The number of benzene rings is 3. The molecule has 0 atom stereocenters. The number of alkyl halides is 3. The first-order valence-electron chi connectivity index (χ1n) is 9.48. The van der Waals surface area contributed by atoms with E-state index in [9.17, 15) is 41.6 Å². The third kappa shape index (κ3) is 6.11. The fraction of sp³-hybridized carbons (Fsp3) is 0.0476. The van der Waals surface area contributed by atoms with Crippen molar-refractivity contribution >= 4 is 39.3 Å². The van der Waals surface area contributed by atoms with E-state index in [1.54, 1.807) is 0 Å². The Balaban J connectivity index is 1.83. The Morgan fingerprint density at radius 3 is 2.29 bits per heavy atom. The van der Waals surface area contributed by atoms with Gasteiger partial charge in [0.25, 0.3) is 15.7 Å². The fourth-order valence-corrected chi connectivity index (χ4v) is 3.92. The monoisotopic (exact) mass is 508 g/mol. The maximum absolute atomic E-state index is 12.7. The van der Waals surface area contributed by atoms with Gasteiger partial charge in [-0.3, -0.25) is 20.3 Å². The molecule has 10 nitrogen and oxygen atoms in total. The molecule has 0 unspecified atom stereocenters. The minimum absolute atomic E-state index is 0.192. The van der Waals surface area contributed by atoms with E-state index in [0.717, 1.165) is 48.7 Å². The molecular weight excluding hydrogens is 493 g/mol. The van der Waals surface area contributed by atoms with Crippen molar-refractivity contribution < 1.29 is 36.4 Å². The number of nitrogens with one attached hydrogen (secondary N) is 2. The summed E-state index contributed by atoms with van der Waals surface area (Å²) in [5, 5.41) is 24.4. The zero-order chi connectivity index (χ0) is 25.8. The van der Waals surface area contributed by atoms with Crippen LogP contribution in [0.25, 0.3) is 0 Å². The normalized spacial score (nSPS) is 11.9. The first-order chi connectivity index (χ1) is 16.4. The highest BCUT2D eigenvalue weighted by Gasteiger charge is 2.29. The molecule has 14 heteroatoms. The molecule has 0 aliphatic rings. The molecule has 0 amide bonds. The molecule has 0 spiro atoms. The summed E-state index contributed by atoms with van der Waals surface area (Å²) in [6, 6.07) is 12.1. The maximum Gasteiger partial charge on any atom is 0.416 e. The van der Waals surface area contributed by atoms with Gasteiger partial charge in [0.15, 0.2) is 0 Å². The Morgan fingerprint density at radius 2 is 1.69 bits per heavy atom. The molecule has 0 aromatic heterocycles. The van der Waals surface area contributed by atoms with Gasteiger partial charge in [-0.2, -0.15) is 18.3 Å². The number of para-hydroxylation sites is 1. The molecule has 0 fully saturated rings. The summed E-state index contributed by atoms with van der Waals surface area (Å²) in [4.78, 5) is 21.4. The van der Waals surface area contributed by atoms with Crippen LogP contribution in [0, 0.1) is 10.1 Å². The van der Waals surface area contributed by atoms with Crippen LogP contribution in [0.15, 0.2) is 76.7 Å². The molecule has 0 bridgehead atoms. The van der Waals surface area contributed by atoms with E-state index in [1.807, 2.05) is 0 Å². The van der Waals surface area contributed by atoms with Crippen LogP contribution in [0.4, 0.5) is 30.2 Å². The van der Waals surface area contributed by atoms with Crippen LogP contribution < -0.4 is 10.1 Å². The molecule has 3 aromatic rings. The predicted molar refractivity (Wildman–Crippen MR) is 120 cm³/mol. The van der Waals surface area contributed by atoms with Crippen LogP contribution in [0.5, 0.6) is 0 Å². The number of carboxylic acids is 1. The molecule has 182 valence electrons. The lowest BCUT2D eigenvalue weighted by Gasteiger charge is -2.11. The molecule has 3 aromatic carbocycles. The highest BCUT2D eigenvalue weighted by Crippen LogP contribution is 2.30. The smallest absolute Gasteiger partial charge is 0.416 e. The second-order valence-corrected chi connectivity index (χ2v) is 8.56. The number of hydrogen-bond acceptors (Lipinski definition) is 7. The average molecular weight is 508 g/mol. The first-order valence-corrected chi connectivity index (χ1v) is 11.0. The molecule has 0 saturated carbocycles. The number of hydrogen-bond donors (Lipinski definition) is 3. The summed E-state index contributed by atoms with van der Waals surface area (Å²) >= 11 is 0. The number of nitro groups is 1. The average Bonchev–Trinajstić information content (AvgIpc) is 2.78. The largest absolute Gasteiger partial charge is 0.478 e. The third-order valence-corrected chi connectivity index (χ3v) is 5.88. The van der Waals surface area contributed by atoms with E-state index in [2.05, 4.69) is 15.2 Å². The lowest BCUT2D eigenvalue weighted by molar-refractivity contribution is -0.384. The van der Waals surface area contributed by atoms with Crippen LogP contribution in [0.3, 0.4) is 0 Å². The second kappa shape index (κ2) is 9.80. The Bertz CT molecular complexity index is 1410. The highest BCUT2D eigenvalue weighted by molar-refractivity contribution is 7.92. The zero-order valence-electron chi connectivity index (χ0n) is 17.4. The molecule has 0 saturated heterocycles. The van der Waals surface area contributed by atoms with E-state index in [-0.39, 0.29) is 22.5 Å². The Kier molecular flexibility index (Phi) is 7.05. The number of rotatable bonds is 8. The maximum atomic E-state index is 12.7. The number of carbonyl (C=O) groups is 1. The number of carboxylic acid groups (broad SMARTS) is 1. The number of anilines is 2. The number of sulfonamides is 1. The SMILES string of the molecule is O=C(O)c1ccccc1NS(=O)(=O)c1ccc(N/N=C/c2ccc(C(F)(F)F)cc2)c([N+](=O)[O-])c1. The van der Waals surface area contributed by atoms with Gasteiger partial charge in [-0.15, -0.1) is 0 Å². The highest BCUT2D eigenvalue weighted by atomic mass is 32.2. The lowest BCUT2D eigenvalue weighted by Crippen LogP contribution is -2.16. The molecule has 0 heterocycles. The van der Waals surface area contributed by atoms with Crippen molar-refractivity contribution in [2.75, 3.05) is 10.1 Å². The number of aromatic carboxylic acids is 1. The standard InChI is InChI=1S/C21H15F3N4O6S/c22-21(23,24)14-7-5-13(6-8-14)12-25-26-18-10-9-15(11-19(18)28(31)32)35(33,34)27-17-4-2-1-3-16(17)20(29)30/h1-12,26-27H,(H,29,30)/b25-12+. The van der Waals surface area contributed by atoms with Gasteiger partial charge in [-0.1, -0.05) is 24.3 Å². The Labute approximate surface area is 195 Å². The molecule has 0 aliphatic carbocycles. The number of nitro benzene ring substituents is 1. The van der Waals surface area contributed by atoms with Crippen molar-refractivity contribution in [2.45, 2.75) is 11.1 Å². The molecule has 3 N–H and O–H groups in total. The van der Waals surface area contributed by atoms with E-state index in [1.165, 1.54) is 24.3 Å². The van der Waals surface area contributed by atoms with E-state index in [4.69, 9.17) is 0 Å². The number of hydrazone groups is 1. The lowest BCUT2D eigenvalue weighted by atomic mass is 10.1. The van der Waals surface area contributed by atoms with Gasteiger partial charge in [-0.05, 0) is 42.0 Å². The summed E-state index contributed by atoms with van der Waals surface area (Å²) in [5.74, 6) is -1.38. The van der Waals surface area contributed by atoms with Gasteiger partial charge < -0.3 is 5.11 Å². The fourth-order valence-electron chi connectivity index (χ4n) is 2.82. The van der Waals surface area contributed by atoms with Crippen LogP contribution in [0.2, 0.25) is 0 Å². The van der Waals surface area contributed by atoms with Crippen molar-refractivity contribution in [1.82, 2.24) is 0 Å². The van der Waals surface area contributed by atoms with Crippen LogP contribution in [-0.2, 0) is 16.2 Å². The van der Waals surface area contributed by atoms with Gasteiger partial charge in [0.1, 0.15) is 5.69 Å². The number of halogens is 3. The summed E-state index contributed by atoms with van der Waals surface area (Å²) in [7, 11) is -4.40. The van der Waals surface area contributed by atoms with Crippen molar-refractivity contribution in [3.05, 3.63) is 93.5 Å². The summed E-state index contributed by atoms with van der Waals surface area (Å²) < 4.78 is 65.4. The van der Waals surface area contributed by atoms with Crippen molar-refractivity contribution in [3.63, 3.8) is 0 Å². The minimum atomic E-state index is -4.50. The summed E-state index contributed by atoms with van der Waals surface area (Å²) in [5.41, 5.74) is 0.369. The summed E-state index contributed by atoms with van der Waals surface area (Å²) in [6.07, 6.45) is -3.37. The summed E-state index contributed by atoms with van der Waals surface area (Å²) in [6.45, 7) is 0. The van der Waals surface area contributed by atoms with Gasteiger partial charge in [-0.25, -0.2) is 13.2 Å². The van der Waals surface area contributed by atoms with Gasteiger partial charge in [0, 0.05) is 6.07 Å². The minimum Gasteiger partial charge on any atom is -0.478 e. The molecule has 0 radical (unpaired) electrons. The van der Waals surface area contributed by atoms with E-state index in [0.29, 0.717) is 0 Å². The molecule has 35 heavy (non-hydrogen) atoms. The third-order valence-electron chi connectivity index (χ3n) is 4.51. The van der Waals surface area contributed by atoms with Gasteiger partial charge in [0.05, 0.1) is 32.8 Å². The zero-order valence-corrected chi connectivity index (χ0v) is 18.2. The van der Waals surface area contributed by atoms with E-state index >= 15 is 0 Å².